The Morgan fingerprint density at radius 1 is 1.05 bits per heavy atom. The van der Waals surface area contributed by atoms with Gasteiger partial charge in [-0.15, -0.1) is 0 Å². The molecule has 2 N–H and O–H groups in total. The molecule has 5 nitrogen and oxygen atoms in total. The average Bonchev–Trinajstić information content (AvgIpc) is 2.83. The number of carbonyl (C=O) groups is 1. The summed E-state index contributed by atoms with van der Waals surface area (Å²) < 4.78 is 0. The summed E-state index contributed by atoms with van der Waals surface area (Å²) in [4.78, 5) is 19.6. The molecule has 0 aliphatic carbocycles. The van der Waals surface area contributed by atoms with Crippen LogP contribution in [0, 0.1) is 5.41 Å². The standard InChI is InChI=1S/C17H34N4O/c1-14-5-6-15(2)21(14)12-9-19-7-10-20(11-8-19)16(22)17(3,4)13-18/h14-15H,5-13,18H2,1-4H3/t14-,15-/m0/s1. The number of nitrogens with zero attached hydrogens (tertiary/aromatic N) is 3. The molecule has 2 heterocycles. The van der Waals surface area contributed by atoms with E-state index in [1.807, 2.05) is 18.7 Å². The van der Waals surface area contributed by atoms with Gasteiger partial charge in [0.05, 0.1) is 5.41 Å². The van der Waals surface area contributed by atoms with Gasteiger partial charge in [0.1, 0.15) is 0 Å². The minimum Gasteiger partial charge on any atom is -0.340 e. The quantitative estimate of drug-likeness (QED) is 0.823. The van der Waals surface area contributed by atoms with Crippen LogP contribution in [0.15, 0.2) is 0 Å². The van der Waals surface area contributed by atoms with Gasteiger partial charge in [0.25, 0.3) is 0 Å². The van der Waals surface area contributed by atoms with Crippen molar-refractivity contribution in [3.63, 3.8) is 0 Å². The fourth-order valence-electron chi connectivity index (χ4n) is 3.64. The first-order chi connectivity index (χ1) is 10.3. The van der Waals surface area contributed by atoms with E-state index in [1.165, 1.54) is 12.8 Å². The van der Waals surface area contributed by atoms with E-state index < -0.39 is 5.41 Å². The molecular weight excluding hydrogens is 276 g/mol. The Labute approximate surface area is 135 Å². The van der Waals surface area contributed by atoms with Gasteiger partial charge in [-0.1, -0.05) is 0 Å². The number of amides is 1. The zero-order valence-corrected chi connectivity index (χ0v) is 14.8. The second-order valence-electron chi connectivity index (χ2n) is 7.74. The molecule has 0 saturated carbocycles. The zero-order chi connectivity index (χ0) is 16.3. The first-order valence-corrected chi connectivity index (χ1v) is 8.82. The van der Waals surface area contributed by atoms with E-state index >= 15 is 0 Å². The molecule has 2 aliphatic rings. The highest BCUT2D eigenvalue weighted by Crippen LogP contribution is 2.23. The van der Waals surface area contributed by atoms with Gasteiger partial charge in [0, 0.05) is 57.9 Å². The molecule has 22 heavy (non-hydrogen) atoms. The van der Waals surface area contributed by atoms with Gasteiger partial charge in [-0.2, -0.15) is 0 Å². The summed E-state index contributed by atoms with van der Waals surface area (Å²) in [6, 6.07) is 1.45. The largest absolute Gasteiger partial charge is 0.340 e. The lowest BCUT2D eigenvalue weighted by molar-refractivity contribution is -0.141. The van der Waals surface area contributed by atoms with Crippen LogP contribution in [0.1, 0.15) is 40.5 Å². The number of hydrogen-bond donors (Lipinski definition) is 1. The summed E-state index contributed by atoms with van der Waals surface area (Å²) in [5.74, 6) is 0.205. The van der Waals surface area contributed by atoms with Gasteiger partial charge in [-0.3, -0.25) is 14.6 Å². The van der Waals surface area contributed by atoms with Gasteiger partial charge in [-0.05, 0) is 40.5 Å². The number of hydrogen-bond acceptors (Lipinski definition) is 4. The van der Waals surface area contributed by atoms with E-state index in [1.54, 1.807) is 0 Å². The molecule has 2 atom stereocenters. The zero-order valence-electron chi connectivity index (χ0n) is 14.8. The van der Waals surface area contributed by atoms with Crippen LogP contribution in [0.25, 0.3) is 0 Å². The van der Waals surface area contributed by atoms with E-state index in [-0.39, 0.29) is 5.91 Å². The van der Waals surface area contributed by atoms with Crippen molar-refractivity contribution in [1.29, 1.82) is 0 Å². The first-order valence-electron chi connectivity index (χ1n) is 8.82. The summed E-state index contributed by atoms with van der Waals surface area (Å²) in [6.07, 6.45) is 2.66. The topological polar surface area (TPSA) is 52.8 Å². The Morgan fingerprint density at radius 2 is 1.59 bits per heavy atom. The highest BCUT2D eigenvalue weighted by atomic mass is 16.2. The summed E-state index contributed by atoms with van der Waals surface area (Å²) in [5, 5.41) is 0. The lowest BCUT2D eigenvalue weighted by atomic mass is 9.91. The van der Waals surface area contributed by atoms with E-state index in [0.717, 1.165) is 51.4 Å². The maximum atomic E-state index is 12.4. The van der Waals surface area contributed by atoms with Gasteiger partial charge in [0.15, 0.2) is 0 Å². The third kappa shape index (κ3) is 4.00. The van der Waals surface area contributed by atoms with Crippen LogP contribution in [0.2, 0.25) is 0 Å². The maximum Gasteiger partial charge on any atom is 0.229 e. The molecule has 0 aromatic rings. The Kier molecular flexibility index (Phi) is 5.86. The third-order valence-corrected chi connectivity index (χ3v) is 5.56. The van der Waals surface area contributed by atoms with E-state index in [2.05, 4.69) is 23.6 Å². The van der Waals surface area contributed by atoms with Crippen molar-refractivity contribution in [2.75, 3.05) is 45.8 Å². The number of rotatable bonds is 5. The smallest absolute Gasteiger partial charge is 0.229 e. The number of nitrogens with two attached hydrogens (primary N) is 1. The number of carbonyl (C=O) groups excluding carboxylic acids is 1. The second kappa shape index (κ2) is 7.28. The fourth-order valence-corrected chi connectivity index (χ4v) is 3.64. The van der Waals surface area contributed by atoms with Gasteiger partial charge in [-0.25, -0.2) is 0 Å². The van der Waals surface area contributed by atoms with E-state index in [4.69, 9.17) is 5.73 Å². The van der Waals surface area contributed by atoms with E-state index in [9.17, 15) is 4.79 Å². The van der Waals surface area contributed by atoms with Crippen LogP contribution in [-0.2, 0) is 4.79 Å². The van der Waals surface area contributed by atoms with Gasteiger partial charge < -0.3 is 10.6 Å². The fraction of sp³-hybridized carbons (Fsp3) is 0.941. The summed E-state index contributed by atoms with van der Waals surface area (Å²) in [5.41, 5.74) is 5.29. The third-order valence-electron chi connectivity index (χ3n) is 5.56. The minimum absolute atomic E-state index is 0.205. The second-order valence-corrected chi connectivity index (χ2v) is 7.74. The highest BCUT2D eigenvalue weighted by molar-refractivity contribution is 5.82. The van der Waals surface area contributed by atoms with Crippen LogP contribution in [0.3, 0.4) is 0 Å². The van der Waals surface area contributed by atoms with Crippen LogP contribution < -0.4 is 5.73 Å². The van der Waals surface area contributed by atoms with Crippen molar-refractivity contribution in [2.45, 2.75) is 52.6 Å². The Morgan fingerprint density at radius 3 is 2.09 bits per heavy atom. The molecule has 0 bridgehead atoms. The van der Waals surface area contributed by atoms with Crippen LogP contribution in [0.5, 0.6) is 0 Å². The predicted molar refractivity (Wildman–Crippen MR) is 90.7 cm³/mol. The lowest BCUT2D eigenvalue weighted by Crippen LogP contribution is -2.54. The summed E-state index contributed by atoms with van der Waals surface area (Å²) in [7, 11) is 0. The number of piperazine rings is 1. The molecule has 0 aromatic heterocycles. The van der Waals surface area contributed by atoms with Crippen molar-refractivity contribution in [1.82, 2.24) is 14.7 Å². The molecule has 2 rings (SSSR count). The van der Waals surface area contributed by atoms with Crippen molar-refractivity contribution in [3.8, 4) is 0 Å². The Balaban J connectivity index is 1.74. The molecule has 2 fully saturated rings. The molecule has 0 unspecified atom stereocenters. The molecule has 5 heteroatoms. The first kappa shape index (κ1) is 17.7. The summed E-state index contributed by atoms with van der Waals surface area (Å²) in [6.45, 7) is 14.9. The molecule has 2 aliphatic heterocycles. The molecular formula is C17H34N4O. The maximum absolute atomic E-state index is 12.4. The molecule has 0 spiro atoms. The number of likely N-dealkylation sites (tertiary alicyclic amines) is 1. The van der Waals surface area contributed by atoms with Gasteiger partial charge >= 0.3 is 0 Å². The molecule has 1 amide bonds. The predicted octanol–water partition coefficient (Wildman–Crippen LogP) is 0.988. The van der Waals surface area contributed by atoms with Gasteiger partial charge in [0.2, 0.25) is 5.91 Å². The molecule has 0 radical (unpaired) electrons. The van der Waals surface area contributed by atoms with Crippen molar-refractivity contribution in [2.24, 2.45) is 11.1 Å². The monoisotopic (exact) mass is 310 g/mol. The molecule has 2 saturated heterocycles. The lowest BCUT2D eigenvalue weighted by Gasteiger charge is -2.39. The Bertz CT molecular complexity index is 367. The highest BCUT2D eigenvalue weighted by Gasteiger charge is 2.33. The minimum atomic E-state index is -0.428. The molecule has 128 valence electrons. The van der Waals surface area contributed by atoms with E-state index in [0.29, 0.717) is 6.54 Å². The van der Waals surface area contributed by atoms with Crippen molar-refractivity contribution >= 4 is 5.91 Å². The Hall–Kier alpha value is -0.650. The summed E-state index contributed by atoms with van der Waals surface area (Å²) >= 11 is 0. The SMILES string of the molecule is C[C@H]1CC[C@H](C)N1CCN1CCN(C(=O)C(C)(C)CN)CC1. The van der Waals surface area contributed by atoms with Crippen LogP contribution in [-0.4, -0.2) is 78.5 Å². The average molecular weight is 310 g/mol. The van der Waals surface area contributed by atoms with Crippen molar-refractivity contribution < 1.29 is 4.79 Å². The van der Waals surface area contributed by atoms with Crippen LogP contribution in [0.4, 0.5) is 0 Å². The van der Waals surface area contributed by atoms with Crippen molar-refractivity contribution in [3.05, 3.63) is 0 Å². The molecule has 0 aromatic carbocycles. The van der Waals surface area contributed by atoms with Crippen LogP contribution >= 0.6 is 0 Å². The normalized spacial score (nSPS) is 28.3.